The van der Waals surface area contributed by atoms with Gasteiger partial charge in [0, 0.05) is 13.1 Å². The predicted octanol–water partition coefficient (Wildman–Crippen LogP) is 1.02. The van der Waals surface area contributed by atoms with Crippen molar-refractivity contribution in [2.45, 2.75) is 12.6 Å². The fourth-order valence-electron chi connectivity index (χ4n) is 2.39. The summed E-state index contributed by atoms with van der Waals surface area (Å²) in [6.07, 6.45) is 0. The van der Waals surface area contributed by atoms with Gasteiger partial charge in [0.1, 0.15) is 5.82 Å². The van der Waals surface area contributed by atoms with Crippen molar-refractivity contribution < 1.29 is 0 Å². The summed E-state index contributed by atoms with van der Waals surface area (Å²) in [5, 5.41) is 0. The van der Waals surface area contributed by atoms with Crippen LogP contribution in [0.15, 0.2) is 41.2 Å². The Hall–Kier alpha value is -2.30. The van der Waals surface area contributed by atoms with Crippen molar-refractivity contribution in [1.29, 1.82) is 0 Å². The lowest BCUT2D eigenvalue weighted by atomic mass is 10.1. The van der Waals surface area contributed by atoms with Gasteiger partial charge >= 0.3 is 0 Å². The third-order valence-electron chi connectivity index (χ3n) is 3.33. The third-order valence-corrected chi connectivity index (χ3v) is 3.33. The minimum Gasteiger partial charge on any atom is -0.383 e. The lowest BCUT2D eigenvalue weighted by Gasteiger charge is -2.20. The second-order valence-corrected chi connectivity index (χ2v) is 4.47. The Balaban J connectivity index is 2.07. The van der Waals surface area contributed by atoms with E-state index in [9.17, 15) is 4.79 Å². The Kier molecular flexibility index (Phi) is 2.33. The maximum atomic E-state index is 11.9. The molecule has 0 saturated heterocycles. The highest BCUT2D eigenvalue weighted by Gasteiger charge is 2.29. The van der Waals surface area contributed by atoms with Crippen LogP contribution in [-0.4, -0.2) is 16.6 Å². The van der Waals surface area contributed by atoms with E-state index in [1.165, 1.54) is 11.6 Å². The van der Waals surface area contributed by atoms with Gasteiger partial charge in [0.2, 0.25) is 5.95 Å². The van der Waals surface area contributed by atoms with E-state index in [1.54, 1.807) is 4.57 Å². The first-order valence-corrected chi connectivity index (χ1v) is 5.82. The molecular weight excluding hydrogens is 228 g/mol. The van der Waals surface area contributed by atoms with Crippen LogP contribution in [0.25, 0.3) is 0 Å². The molecule has 2 aromatic rings. The molecule has 92 valence electrons. The molecule has 1 aromatic carbocycles. The van der Waals surface area contributed by atoms with E-state index in [-0.39, 0.29) is 17.4 Å². The van der Waals surface area contributed by atoms with Gasteiger partial charge in [-0.15, -0.1) is 0 Å². The molecule has 0 radical (unpaired) electrons. The maximum absolute atomic E-state index is 11.9. The van der Waals surface area contributed by atoms with Gasteiger partial charge in [-0.3, -0.25) is 9.36 Å². The zero-order chi connectivity index (χ0) is 12.7. The molecule has 1 aliphatic heterocycles. The molecule has 3 rings (SSSR count). The van der Waals surface area contributed by atoms with Crippen molar-refractivity contribution in [3.8, 4) is 0 Å². The van der Waals surface area contributed by atoms with Crippen LogP contribution in [0.1, 0.15) is 11.6 Å². The Morgan fingerprint density at radius 3 is 2.78 bits per heavy atom. The fraction of sp³-hybridized carbons (Fsp3) is 0.231. The van der Waals surface area contributed by atoms with Crippen LogP contribution in [-0.2, 0) is 6.54 Å². The number of rotatable bonds is 1. The zero-order valence-corrected chi connectivity index (χ0v) is 10.1. The van der Waals surface area contributed by atoms with Gasteiger partial charge in [-0.25, -0.2) is 0 Å². The lowest BCUT2D eigenvalue weighted by molar-refractivity contribution is 0.628. The molecule has 0 bridgehead atoms. The summed E-state index contributed by atoms with van der Waals surface area (Å²) in [5.74, 6) is 0.903. The molecule has 18 heavy (non-hydrogen) atoms. The van der Waals surface area contributed by atoms with Crippen molar-refractivity contribution >= 4 is 11.8 Å². The Morgan fingerprint density at radius 2 is 2.06 bits per heavy atom. The van der Waals surface area contributed by atoms with Gasteiger partial charge in [-0.2, -0.15) is 4.98 Å². The molecule has 0 saturated carbocycles. The highest BCUT2D eigenvalue weighted by Crippen LogP contribution is 2.31. The van der Waals surface area contributed by atoms with Crippen LogP contribution >= 0.6 is 0 Å². The molecule has 0 fully saturated rings. The lowest BCUT2D eigenvalue weighted by Crippen LogP contribution is -2.21. The van der Waals surface area contributed by atoms with Crippen LogP contribution in [0.5, 0.6) is 0 Å². The molecular formula is C13H14N4O. The molecule has 2 heterocycles. The van der Waals surface area contributed by atoms with Crippen LogP contribution in [0.3, 0.4) is 0 Å². The average molecular weight is 242 g/mol. The standard InChI is InChI=1S/C13H14N4O/c1-16-10(9-5-3-2-4-6-9)8-17-12(18)7-11(14)15-13(16)17/h2-7,10H,8,14H2,1H3. The number of hydrogen-bond donors (Lipinski definition) is 1. The number of anilines is 2. The molecule has 0 spiro atoms. The van der Waals surface area contributed by atoms with Crippen molar-refractivity contribution in [1.82, 2.24) is 9.55 Å². The maximum Gasteiger partial charge on any atom is 0.257 e. The van der Waals surface area contributed by atoms with Crippen molar-refractivity contribution in [2.24, 2.45) is 0 Å². The number of hydrogen-bond acceptors (Lipinski definition) is 4. The number of nitrogens with two attached hydrogens (primary N) is 1. The second-order valence-electron chi connectivity index (χ2n) is 4.47. The highest BCUT2D eigenvalue weighted by atomic mass is 16.1. The quantitative estimate of drug-likeness (QED) is 0.810. The fourth-order valence-corrected chi connectivity index (χ4v) is 2.39. The van der Waals surface area contributed by atoms with Gasteiger partial charge < -0.3 is 10.6 Å². The normalized spacial score (nSPS) is 17.8. The minimum atomic E-state index is -0.0946. The molecule has 5 heteroatoms. The molecule has 1 aliphatic rings. The molecule has 1 unspecified atom stereocenters. The van der Waals surface area contributed by atoms with Crippen LogP contribution in [0.2, 0.25) is 0 Å². The smallest absolute Gasteiger partial charge is 0.257 e. The number of nitrogens with zero attached hydrogens (tertiary/aromatic N) is 3. The van der Waals surface area contributed by atoms with E-state index >= 15 is 0 Å². The van der Waals surface area contributed by atoms with Gasteiger partial charge in [0.15, 0.2) is 0 Å². The first-order chi connectivity index (χ1) is 8.66. The molecule has 1 atom stereocenters. The SMILES string of the molecule is CN1c2nc(N)cc(=O)n2CC1c1ccccc1. The largest absolute Gasteiger partial charge is 0.383 e. The number of benzene rings is 1. The first-order valence-electron chi connectivity index (χ1n) is 5.82. The van der Waals surface area contributed by atoms with Crippen molar-refractivity contribution in [2.75, 3.05) is 17.7 Å². The van der Waals surface area contributed by atoms with Crippen molar-refractivity contribution in [3.05, 3.63) is 52.3 Å². The third kappa shape index (κ3) is 1.55. The number of likely N-dealkylation sites (N-methyl/N-ethyl adjacent to an activating group) is 1. The monoisotopic (exact) mass is 242 g/mol. The summed E-state index contributed by atoms with van der Waals surface area (Å²) in [4.78, 5) is 18.1. The second kappa shape index (κ2) is 3.87. The van der Waals surface area contributed by atoms with Crippen LogP contribution in [0.4, 0.5) is 11.8 Å². The summed E-state index contributed by atoms with van der Waals surface area (Å²) < 4.78 is 1.66. The van der Waals surface area contributed by atoms with E-state index in [0.29, 0.717) is 12.5 Å². The topological polar surface area (TPSA) is 64.2 Å². The van der Waals surface area contributed by atoms with E-state index in [4.69, 9.17) is 5.73 Å². The summed E-state index contributed by atoms with van der Waals surface area (Å²) in [5.41, 5.74) is 6.70. The van der Waals surface area contributed by atoms with E-state index in [0.717, 1.165) is 0 Å². The minimum absolute atomic E-state index is 0.0946. The molecule has 1 aromatic heterocycles. The molecule has 5 nitrogen and oxygen atoms in total. The van der Waals surface area contributed by atoms with E-state index in [2.05, 4.69) is 17.1 Å². The van der Waals surface area contributed by atoms with Gasteiger partial charge in [0.05, 0.1) is 12.6 Å². The molecule has 2 N–H and O–H groups in total. The Bertz CT molecular complexity index is 635. The Labute approximate surface area is 104 Å². The van der Waals surface area contributed by atoms with Gasteiger partial charge in [-0.05, 0) is 5.56 Å². The molecule has 0 aliphatic carbocycles. The number of nitrogen functional groups attached to an aromatic ring is 1. The first kappa shape index (κ1) is 10.8. The zero-order valence-electron chi connectivity index (χ0n) is 10.1. The van der Waals surface area contributed by atoms with Crippen LogP contribution < -0.4 is 16.2 Å². The summed E-state index contributed by atoms with van der Waals surface area (Å²) in [6, 6.07) is 11.6. The van der Waals surface area contributed by atoms with E-state index in [1.807, 2.05) is 30.1 Å². The average Bonchev–Trinajstić information content (AvgIpc) is 2.69. The van der Waals surface area contributed by atoms with Gasteiger partial charge in [0.25, 0.3) is 5.56 Å². The van der Waals surface area contributed by atoms with Crippen LogP contribution in [0, 0.1) is 0 Å². The van der Waals surface area contributed by atoms with Gasteiger partial charge in [-0.1, -0.05) is 30.3 Å². The number of fused-ring (bicyclic) bond motifs is 1. The summed E-state index contributed by atoms with van der Waals surface area (Å²) in [7, 11) is 1.93. The highest BCUT2D eigenvalue weighted by molar-refractivity contribution is 5.45. The number of aromatic nitrogens is 2. The molecule has 0 amide bonds. The van der Waals surface area contributed by atoms with Crippen molar-refractivity contribution in [3.63, 3.8) is 0 Å². The summed E-state index contributed by atoms with van der Waals surface area (Å²) in [6.45, 7) is 0.613. The summed E-state index contributed by atoms with van der Waals surface area (Å²) >= 11 is 0. The van der Waals surface area contributed by atoms with E-state index < -0.39 is 0 Å². The Morgan fingerprint density at radius 1 is 1.33 bits per heavy atom. The predicted molar refractivity (Wildman–Crippen MR) is 70.5 cm³/mol.